The quantitative estimate of drug-likeness (QED) is 0.496. The minimum atomic E-state index is -1.04. The van der Waals surface area contributed by atoms with Crippen molar-refractivity contribution in [1.29, 1.82) is 0 Å². The van der Waals surface area contributed by atoms with E-state index in [9.17, 15) is 15.2 Å². The molecular formula is C13H20BNO4. The fourth-order valence-electron chi connectivity index (χ4n) is 1.40. The molecule has 0 saturated carbocycles. The van der Waals surface area contributed by atoms with Gasteiger partial charge in [0, 0.05) is 11.5 Å². The van der Waals surface area contributed by atoms with E-state index in [1.165, 1.54) is 6.07 Å². The molecule has 0 fully saturated rings. The van der Waals surface area contributed by atoms with Gasteiger partial charge in [0.1, 0.15) is 0 Å². The van der Waals surface area contributed by atoms with Crippen molar-refractivity contribution in [3.05, 3.63) is 33.9 Å². The van der Waals surface area contributed by atoms with Crippen molar-refractivity contribution in [2.24, 2.45) is 0 Å². The number of nitro benzene ring substituents is 1. The van der Waals surface area contributed by atoms with Gasteiger partial charge in [0.15, 0.2) is 0 Å². The molecule has 0 amide bonds. The number of aliphatic hydroxyl groups is 1. The maximum Gasteiger partial charge on any atom is 0.316 e. The molecule has 0 heterocycles. The number of hydrogen-bond donors (Lipinski definition) is 1. The first kappa shape index (κ1) is 15.7. The zero-order chi connectivity index (χ0) is 14.8. The van der Waals surface area contributed by atoms with Crippen LogP contribution in [0.2, 0.25) is 0 Å². The summed E-state index contributed by atoms with van der Waals surface area (Å²) in [5.74, 6) is 0. The van der Waals surface area contributed by atoms with Crippen LogP contribution in [0.3, 0.4) is 0 Å². The average Bonchev–Trinajstić information content (AvgIpc) is 2.25. The number of hydrogen-bond acceptors (Lipinski definition) is 4. The summed E-state index contributed by atoms with van der Waals surface area (Å²) < 4.78 is 5.66. The van der Waals surface area contributed by atoms with Crippen LogP contribution in [0, 0.1) is 17.0 Å². The Hall–Kier alpha value is -1.40. The van der Waals surface area contributed by atoms with Crippen molar-refractivity contribution in [3.63, 3.8) is 0 Å². The van der Waals surface area contributed by atoms with Crippen LogP contribution in [0.15, 0.2) is 18.2 Å². The van der Waals surface area contributed by atoms with Gasteiger partial charge in [0.05, 0.1) is 16.1 Å². The largest absolute Gasteiger partial charge is 0.426 e. The summed E-state index contributed by atoms with van der Waals surface area (Å²) in [6, 6.07) is 5.02. The highest BCUT2D eigenvalue weighted by Crippen LogP contribution is 2.24. The van der Waals surface area contributed by atoms with Gasteiger partial charge >= 0.3 is 7.48 Å². The lowest BCUT2D eigenvalue weighted by atomic mass is 9.81. The molecule has 5 nitrogen and oxygen atoms in total. The maximum absolute atomic E-state index is 11.0. The summed E-state index contributed by atoms with van der Waals surface area (Å²) in [6.07, 6.45) is 0. The lowest BCUT2D eigenvalue weighted by Gasteiger charge is -2.37. The summed E-state index contributed by atoms with van der Waals surface area (Å²) in [5, 5.41) is 21.0. The Morgan fingerprint density at radius 2 is 1.89 bits per heavy atom. The van der Waals surface area contributed by atoms with Gasteiger partial charge in [-0.15, -0.1) is 0 Å². The van der Waals surface area contributed by atoms with Gasteiger partial charge < -0.3 is 9.76 Å². The molecule has 0 spiro atoms. The molecule has 0 unspecified atom stereocenters. The fourth-order valence-corrected chi connectivity index (χ4v) is 1.40. The van der Waals surface area contributed by atoms with E-state index < -0.39 is 16.1 Å². The smallest absolute Gasteiger partial charge is 0.316 e. The molecule has 0 aliphatic heterocycles. The van der Waals surface area contributed by atoms with Crippen LogP contribution in [0.4, 0.5) is 5.69 Å². The molecule has 1 aromatic carbocycles. The normalized spacial score (nSPS) is 12.3. The molecular weight excluding hydrogens is 245 g/mol. The lowest BCUT2D eigenvalue weighted by molar-refractivity contribution is -0.383. The van der Waals surface area contributed by atoms with Crippen LogP contribution in [0.5, 0.6) is 0 Å². The molecule has 104 valence electrons. The minimum Gasteiger partial charge on any atom is -0.426 e. The Labute approximate surface area is 114 Å². The summed E-state index contributed by atoms with van der Waals surface area (Å²) in [6.45, 7) is 8.62. The van der Waals surface area contributed by atoms with Gasteiger partial charge in [-0.25, -0.2) is 0 Å². The standard InChI is InChI=1S/C13H20BNO4/c1-9-6-7-10(11(8-9)15(17)18)14-19-13(4,5)12(2,3)16/h6-8,14,16H,1-5H3. The van der Waals surface area contributed by atoms with E-state index in [-0.39, 0.29) is 13.2 Å². The van der Waals surface area contributed by atoms with Crippen molar-refractivity contribution in [1.82, 2.24) is 0 Å². The van der Waals surface area contributed by atoms with Crippen molar-refractivity contribution < 1.29 is 14.7 Å². The Morgan fingerprint density at radius 1 is 1.32 bits per heavy atom. The Morgan fingerprint density at radius 3 is 2.37 bits per heavy atom. The first-order valence-electron chi connectivity index (χ1n) is 6.15. The minimum absolute atomic E-state index is 0.0477. The number of benzene rings is 1. The second kappa shape index (κ2) is 5.31. The molecule has 1 rings (SSSR count). The third-order valence-corrected chi connectivity index (χ3v) is 3.50. The molecule has 19 heavy (non-hydrogen) atoms. The highest BCUT2D eigenvalue weighted by atomic mass is 16.6. The van der Waals surface area contributed by atoms with E-state index in [1.807, 2.05) is 6.07 Å². The van der Waals surface area contributed by atoms with Crippen LogP contribution in [0.25, 0.3) is 0 Å². The van der Waals surface area contributed by atoms with Crippen molar-refractivity contribution >= 4 is 18.6 Å². The lowest BCUT2D eigenvalue weighted by Crippen LogP contribution is -2.49. The second-order valence-corrected chi connectivity index (χ2v) is 5.75. The Kier molecular flexibility index (Phi) is 4.37. The average molecular weight is 265 g/mol. The second-order valence-electron chi connectivity index (χ2n) is 5.75. The third-order valence-electron chi connectivity index (χ3n) is 3.50. The molecule has 1 aromatic rings. The first-order chi connectivity index (χ1) is 8.54. The van der Waals surface area contributed by atoms with E-state index in [0.717, 1.165) is 5.56 Å². The molecule has 6 heteroatoms. The van der Waals surface area contributed by atoms with Gasteiger partial charge in [-0.3, -0.25) is 10.1 Å². The molecule has 0 aliphatic rings. The number of rotatable bonds is 5. The number of nitrogens with zero attached hydrogens (tertiary/aromatic N) is 1. The van der Waals surface area contributed by atoms with Gasteiger partial charge in [-0.2, -0.15) is 0 Å². The zero-order valence-corrected chi connectivity index (χ0v) is 12.1. The SMILES string of the molecule is Cc1ccc(BOC(C)(C)C(C)(C)O)c([N+](=O)[O-])c1. The first-order valence-corrected chi connectivity index (χ1v) is 6.15. The molecule has 1 N–H and O–H groups in total. The van der Waals surface area contributed by atoms with Crippen LogP contribution in [0.1, 0.15) is 33.3 Å². The molecule has 0 bridgehead atoms. The highest BCUT2D eigenvalue weighted by molar-refractivity contribution is 6.49. The Balaban J connectivity index is 2.93. The van der Waals surface area contributed by atoms with Crippen LogP contribution in [-0.2, 0) is 4.65 Å². The van der Waals surface area contributed by atoms with Crippen molar-refractivity contribution in [2.75, 3.05) is 0 Å². The van der Waals surface area contributed by atoms with Crippen LogP contribution >= 0.6 is 0 Å². The maximum atomic E-state index is 11.0. The molecule has 0 saturated heterocycles. The van der Waals surface area contributed by atoms with Gasteiger partial charge in [0.2, 0.25) is 0 Å². The van der Waals surface area contributed by atoms with E-state index in [4.69, 9.17) is 4.65 Å². The molecule has 0 aromatic heterocycles. The summed E-state index contributed by atoms with van der Waals surface area (Å²) in [4.78, 5) is 10.6. The van der Waals surface area contributed by atoms with E-state index in [0.29, 0.717) is 5.46 Å². The summed E-state index contributed by atoms with van der Waals surface area (Å²) in [5.41, 5.74) is -0.449. The van der Waals surface area contributed by atoms with Gasteiger partial charge in [0.25, 0.3) is 5.69 Å². The van der Waals surface area contributed by atoms with E-state index in [1.54, 1.807) is 40.7 Å². The van der Waals surface area contributed by atoms with E-state index in [2.05, 4.69) is 0 Å². The van der Waals surface area contributed by atoms with Crippen LogP contribution in [-0.4, -0.2) is 28.7 Å². The highest BCUT2D eigenvalue weighted by Gasteiger charge is 2.36. The van der Waals surface area contributed by atoms with Gasteiger partial charge in [-0.1, -0.05) is 12.1 Å². The molecule has 0 radical (unpaired) electrons. The third kappa shape index (κ3) is 3.78. The molecule has 0 aliphatic carbocycles. The van der Waals surface area contributed by atoms with Crippen molar-refractivity contribution in [3.8, 4) is 0 Å². The van der Waals surface area contributed by atoms with Gasteiger partial charge in [-0.05, 0) is 40.2 Å². The van der Waals surface area contributed by atoms with E-state index >= 15 is 0 Å². The molecule has 0 atom stereocenters. The van der Waals surface area contributed by atoms with Crippen molar-refractivity contribution in [2.45, 2.75) is 45.8 Å². The topological polar surface area (TPSA) is 72.6 Å². The summed E-state index contributed by atoms with van der Waals surface area (Å²) in [7, 11) is 0.0909. The predicted molar refractivity (Wildman–Crippen MR) is 76.1 cm³/mol. The fraction of sp³-hybridized carbons (Fsp3) is 0.538. The predicted octanol–water partition coefficient (Wildman–Crippen LogP) is 1.45. The zero-order valence-electron chi connectivity index (χ0n) is 12.1. The number of nitro groups is 1. The Bertz CT molecular complexity index is 480. The number of aryl methyl sites for hydroxylation is 1. The monoisotopic (exact) mass is 265 g/mol. The van der Waals surface area contributed by atoms with Crippen LogP contribution < -0.4 is 5.46 Å². The summed E-state index contributed by atoms with van der Waals surface area (Å²) >= 11 is 0.